The Morgan fingerprint density at radius 2 is 1.46 bits per heavy atom. The molecule has 0 aliphatic carbocycles. The Morgan fingerprint density at radius 1 is 0.914 bits per heavy atom. The summed E-state index contributed by atoms with van der Waals surface area (Å²) in [5.74, 6) is -1.97. The quantitative estimate of drug-likeness (QED) is 0.228. The first-order chi connectivity index (χ1) is 16.3. The summed E-state index contributed by atoms with van der Waals surface area (Å²) in [5.41, 5.74) is -4.62. The zero-order valence-corrected chi connectivity index (χ0v) is 17.6. The molecule has 2 aromatic rings. The van der Waals surface area contributed by atoms with Gasteiger partial charge in [0.05, 0.1) is 41.5 Å². The van der Waals surface area contributed by atoms with Crippen LogP contribution in [0.2, 0.25) is 0 Å². The summed E-state index contributed by atoms with van der Waals surface area (Å²) in [6.45, 7) is 0. The molecule has 8 nitrogen and oxygen atoms in total. The number of esters is 1. The van der Waals surface area contributed by atoms with Crippen LogP contribution in [-0.4, -0.2) is 19.0 Å². The van der Waals surface area contributed by atoms with E-state index in [1.807, 2.05) is 0 Å². The van der Waals surface area contributed by atoms with Crippen LogP contribution >= 0.6 is 0 Å². The van der Waals surface area contributed by atoms with Crippen molar-refractivity contribution in [2.24, 2.45) is 10.3 Å². The van der Waals surface area contributed by atoms with Gasteiger partial charge >= 0.3 is 18.3 Å². The zero-order chi connectivity index (χ0) is 26.4. The molecular formula is C21H13F6N5O3. The van der Waals surface area contributed by atoms with E-state index in [4.69, 9.17) is 5.26 Å². The summed E-state index contributed by atoms with van der Waals surface area (Å²) in [4.78, 5) is 24.1. The highest BCUT2D eigenvalue weighted by Gasteiger charge is 2.33. The maximum Gasteiger partial charge on any atom is 0.416 e. The molecule has 0 aromatic heterocycles. The zero-order valence-electron chi connectivity index (χ0n) is 17.6. The lowest BCUT2D eigenvalue weighted by molar-refractivity contribution is -0.142. The van der Waals surface area contributed by atoms with Crippen molar-refractivity contribution in [3.63, 3.8) is 0 Å². The highest BCUT2D eigenvalue weighted by atomic mass is 19.4. The van der Waals surface area contributed by atoms with Gasteiger partial charge in [0.25, 0.3) is 0 Å². The van der Waals surface area contributed by atoms with E-state index in [0.717, 1.165) is 19.2 Å². The molecule has 182 valence electrons. The number of halogens is 6. The first kappa shape index (κ1) is 26.8. The third kappa shape index (κ3) is 6.77. The van der Waals surface area contributed by atoms with Crippen molar-refractivity contribution in [2.45, 2.75) is 25.2 Å². The van der Waals surface area contributed by atoms with Gasteiger partial charge in [-0.2, -0.15) is 41.9 Å². The predicted molar refractivity (Wildman–Crippen MR) is 106 cm³/mol. The average molecular weight is 497 g/mol. The van der Waals surface area contributed by atoms with Crippen molar-refractivity contribution in [1.82, 2.24) is 0 Å². The Labute approximate surface area is 193 Å². The fraction of sp³-hybridized carbons (Fsp3) is 0.238. The molecule has 0 aliphatic heterocycles. The number of methoxy groups -OCH3 is 1. The SMILES string of the molecule is COC(=O)CCC(=O)N(N=Nc1cc(C(F)(F)F)ccc1C#N)c1cc(C(F)(F)F)ccc1C#N. The smallest absolute Gasteiger partial charge is 0.416 e. The number of ether oxygens (including phenoxy) is 1. The molecule has 0 N–H and O–H groups in total. The van der Waals surface area contributed by atoms with Gasteiger partial charge in [-0.05, 0) is 36.4 Å². The van der Waals surface area contributed by atoms with Crippen molar-refractivity contribution in [3.05, 3.63) is 58.7 Å². The highest BCUT2D eigenvalue weighted by molar-refractivity contribution is 5.95. The molecule has 2 aromatic carbocycles. The van der Waals surface area contributed by atoms with E-state index in [1.54, 1.807) is 12.1 Å². The molecule has 0 spiro atoms. The first-order valence-corrected chi connectivity index (χ1v) is 9.36. The predicted octanol–water partition coefficient (Wildman–Crippen LogP) is 5.45. The second-order valence-corrected chi connectivity index (χ2v) is 6.65. The Balaban J connectivity index is 2.65. The fourth-order valence-corrected chi connectivity index (χ4v) is 2.61. The average Bonchev–Trinajstić information content (AvgIpc) is 2.81. The maximum absolute atomic E-state index is 13.2. The largest absolute Gasteiger partial charge is 0.469 e. The van der Waals surface area contributed by atoms with Crippen LogP contribution < -0.4 is 5.01 Å². The minimum Gasteiger partial charge on any atom is -0.469 e. The fourth-order valence-electron chi connectivity index (χ4n) is 2.61. The van der Waals surface area contributed by atoms with Gasteiger partial charge in [0.1, 0.15) is 17.8 Å². The van der Waals surface area contributed by atoms with Crippen LogP contribution in [0.25, 0.3) is 0 Å². The van der Waals surface area contributed by atoms with Crippen LogP contribution in [0.1, 0.15) is 35.1 Å². The molecular weight excluding hydrogens is 484 g/mol. The summed E-state index contributed by atoms with van der Waals surface area (Å²) < 4.78 is 83.2. The number of anilines is 1. The summed E-state index contributed by atoms with van der Waals surface area (Å²) in [6, 6.07) is 6.78. The van der Waals surface area contributed by atoms with E-state index in [-0.39, 0.29) is 10.6 Å². The van der Waals surface area contributed by atoms with E-state index in [9.17, 15) is 41.2 Å². The number of carbonyl (C=O) groups excluding carboxylic acids is 2. The molecule has 0 fully saturated rings. The van der Waals surface area contributed by atoms with Gasteiger partial charge in [-0.3, -0.25) is 9.59 Å². The molecule has 2 rings (SSSR count). The standard InChI is InChI=1S/C21H13F6N5O3/c1-35-19(34)7-6-18(33)32(17-9-15(21(25,26)27)5-3-13(17)11-29)31-30-16-8-14(20(22,23)24)4-2-12(16)10-28/h2-5,8-9H,6-7H2,1H3. The summed E-state index contributed by atoms with van der Waals surface area (Å²) in [5, 5.41) is 25.6. The Kier molecular flexibility index (Phi) is 8.15. The molecule has 0 aliphatic rings. The summed E-state index contributed by atoms with van der Waals surface area (Å²) in [7, 11) is 1.03. The number of rotatable bonds is 6. The van der Waals surface area contributed by atoms with E-state index in [0.29, 0.717) is 24.3 Å². The number of benzene rings is 2. The van der Waals surface area contributed by atoms with Gasteiger partial charge in [0, 0.05) is 6.42 Å². The van der Waals surface area contributed by atoms with Gasteiger partial charge in [-0.15, -0.1) is 5.11 Å². The van der Waals surface area contributed by atoms with E-state index in [1.165, 1.54) is 0 Å². The Hall–Kier alpha value is -4.46. The van der Waals surface area contributed by atoms with Crippen molar-refractivity contribution in [2.75, 3.05) is 12.1 Å². The molecule has 1 amide bonds. The lowest BCUT2D eigenvalue weighted by atomic mass is 10.1. The van der Waals surface area contributed by atoms with Crippen LogP contribution in [0.15, 0.2) is 46.7 Å². The third-order valence-corrected chi connectivity index (χ3v) is 4.37. The summed E-state index contributed by atoms with van der Waals surface area (Å²) in [6.07, 6.45) is -10.9. The molecule has 0 bridgehead atoms. The molecule has 0 saturated carbocycles. The monoisotopic (exact) mass is 497 g/mol. The van der Waals surface area contributed by atoms with Gasteiger partial charge in [-0.25, -0.2) is 0 Å². The molecule has 0 unspecified atom stereocenters. The van der Waals surface area contributed by atoms with Crippen molar-refractivity contribution in [3.8, 4) is 12.1 Å². The van der Waals surface area contributed by atoms with Crippen molar-refractivity contribution >= 4 is 23.3 Å². The molecule has 35 heavy (non-hydrogen) atoms. The number of hydrogen-bond acceptors (Lipinski definition) is 7. The number of nitriles is 2. The van der Waals surface area contributed by atoms with E-state index in [2.05, 4.69) is 15.1 Å². The molecule has 0 heterocycles. The van der Waals surface area contributed by atoms with Crippen molar-refractivity contribution < 1.29 is 40.7 Å². The third-order valence-electron chi connectivity index (χ3n) is 4.37. The van der Waals surface area contributed by atoms with Crippen molar-refractivity contribution in [1.29, 1.82) is 10.5 Å². The summed E-state index contributed by atoms with van der Waals surface area (Å²) >= 11 is 0. The second-order valence-electron chi connectivity index (χ2n) is 6.65. The van der Waals surface area contributed by atoms with E-state index < -0.39 is 65.1 Å². The van der Waals surface area contributed by atoms with Gasteiger partial charge in [0.2, 0.25) is 5.91 Å². The topological polar surface area (TPSA) is 119 Å². The maximum atomic E-state index is 13.2. The van der Waals surface area contributed by atoms with Crippen LogP contribution in [0, 0.1) is 22.7 Å². The number of carbonyl (C=O) groups is 2. The van der Waals surface area contributed by atoms with E-state index >= 15 is 0 Å². The Morgan fingerprint density at radius 3 is 1.97 bits per heavy atom. The van der Waals surface area contributed by atoms with Gasteiger partial charge < -0.3 is 4.74 Å². The second kappa shape index (κ2) is 10.6. The van der Waals surface area contributed by atoms with Crippen LogP contribution in [-0.2, 0) is 26.7 Å². The Bertz CT molecular complexity index is 1240. The van der Waals surface area contributed by atoms with Gasteiger partial charge in [0.15, 0.2) is 0 Å². The normalized spacial score (nSPS) is 11.6. The lowest BCUT2D eigenvalue weighted by Gasteiger charge is -2.19. The minimum atomic E-state index is -4.88. The van der Waals surface area contributed by atoms with Gasteiger partial charge in [-0.1, -0.05) is 5.22 Å². The number of nitrogens with zero attached hydrogens (tertiary/aromatic N) is 5. The molecule has 14 heteroatoms. The number of alkyl halides is 6. The van der Waals surface area contributed by atoms with Crippen LogP contribution in [0.5, 0.6) is 0 Å². The number of hydrogen-bond donors (Lipinski definition) is 0. The lowest BCUT2D eigenvalue weighted by Crippen LogP contribution is -2.27. The van der Waals surface area contributed by atoms with Crippen LogP contribution in [0.4, 0.5) is 37.7 Å². The minimum absolute atomic E-state index is 0.248. The molecule has 0 radical (unpaired) electrons. The highest BCUT2D eigenvalue weighted by Crippen LogP contribution is 2.35. The first-order valence-electron chi connectivity index (χ1n) is 9.36. The molecule has 0 saturated heterocycles. The van der Waals surface area contributed by atoms with Crippen LogP contribution in [0.3, 0.4) is 0 Å². The number of amides is 1. The molecule has 0 atom stereocenters.